The monoisotopic (exact) mass is 308 g/mol. The van der Waals surface area contributed by atoms with Crippen LogP contribution in [0.2, 0.25) is 0 Å². The van der Waals surface area contributed by atoms with Gasteiger partial charge in [-0.25, -0.2) is 0 Å². The molecule has 4 rings (SSSR count). The lowest BCUT2D eigenvalue weighted by atomic mass is 10.1. The summed E-state index contributed by atoms with van der Waals surface area (Å²) in [6.07, 6.45) is 0. The van der Waals surface area contributed by atoms with Gasteiger partial charge in [-0.05, 0) is 29.0 Å². The van der Waals surface area contributed by atoms with Crippen molar-refractivity contribution >= 4 is 22.7 Å². The second-order valence-corrected chi connectivity index (χ2v) is 6.57. The maximum atomic E-state index is 6.19. The van der Waals surface area contributed by atoms with Crippen molar-refractivity contribution in [2.45, 2.75) is 0 Å². The molecule has 0 atom stereocenters. The Bertz CT molecular complexity index is 825. The predicted molar refractivity (Wildman–Crippen MR) is 90.8 cm³/mol. The number of benzene rings is 1. The van der Waals surface area contributed by atoms with Crippen LogP contribution in [0.25, 0.3) is 32.4 Å². The molecule has 0 saturated heterocycles. The fraction of sp³-hybridized carbons (Fsp3) is 0. The predicted octanol–water partition coefficient (Wildman–Crippen LogP) is 6.40. The van der Waals surface area contributed by atoms with Crippen molar-refractivity contribution in [2.24, 2.45) is 0 Å². The topological polar surface area (TPSA) is 13.1 Å². The molecule has 0 spiro atoms. The van der Waals surface area contributed by atoms with Gasteiger partial charge in [-0.2, -0.15) is 0 Å². The molecule has 3 heterocycles. The van der Waals surface area contributed by atoms with Crippen molar-refractivity contribution in [3.05, 3.63) is 71.4 Å². The van der Waals surface area contributed by atoms with Crippen molar-refractivity contribution in [1.82, 2.24) is 0 Å². The molecule has 0 fully saturated rings. The molecule has 102 valence electrons. The third kappa shape index (κ3) is 2.35. The Morgan fingerprint density at radius 2 is 1.43 bits per heavy atom. The van der Waals surface area contributed by atoms with Crippen molar-refractivity contribution in [2.75, 3.05) is 0 Å². The Kier molecular flexibility index (Phi) is 3.22. The average molecular weight is 308 g/mol. The van der Waals surface area contributed by atoms with Crippen LogP contribution < -0.4 is 0 Å². The minimum atomic E-state index is 0.937. The van der Waals surface area contributed by atoms with E-state index in [0.29, 0.717) is 0 Å². The highest BCUT2D eigenvalue weighted by molar-refractivity contribution is 7.14. The molecule has 0 bridgehead atoms. The molecule has 0 aliphatic heterocycles. The number of hydrogen-bond donors (Lipinski definition) is 0. The molecule has 0 N–H and O–H groups in total. The molecule has 3 heteroatoms. The molecule has 0 aliphatic carbocycles. The third-order valence-corrected chi connectivity index (χ3v) is 5.11. The first-order valence-corrected chi connectivity index (χ1v) is 8.45. The van der Waals surface area contributed by atoms with Crippen LogP contribution in [0.3, 0.4) is 0 Å². The van der Waals surface area contributed by atoms with Gasteiger partial charge in [-0.15, -0.1) is 22.7 Å². The van der Waals surface area contributed by atoms with E-state index in [-0.39, 0.29) is 0 Å². The molecular formula is C18H12OS2. The van der Waals surface area contributed by atoms with E-state index in [1.54, 1.807) is 22.7 Å². The molecule has 21 heavy (non-hydrogen) atoms. The molecule has 0 amide bonds. The first-order chi connectivity index (χ1) is 10.4. The highest BCUT2D eigenvalue weighted by atomic mass is 32.1. The third-order valence-electron chi connectivity index (χ3n) is 3.32. The summed E-state index contributed by atoms with van der Waals surface area (Å²) >= 11 is 3.44. The normalized spacial score (nSPS) is 10.9. The van der Waals surface area contributed by atoms with Crippen LogP contribution in [0.4, 0.5) is 0 Å². The first-order valence-electron chi connectivity index (χ1n) is 6.69. The van der Waals surface area contributed by atoms with Gasteiger partial charge in [0.05, 0.1) is 4.88 Å². The van der Waals surface area contributed by atoms with Gasteiger partial charge >= 0.3 is 0 Å². The zero-order chi connectivity index (χ0) is 14.1. The summed E-state index contributed by atoms with van der Waals surface area (Å²) in [5, 5.41) is 4.17. The molecule has 4 aromatic rings. The second kappa shape index (κ2) is 5.35. The quantitative estimate of drug-likeness (QED) is 0.426. The van der Waals surface area contributed by atoms with E-state index in [0.717, 1.165) is 22.0 Å². The fourth-order valence-corrected chi connectivity index (χ4v) is 3.77. The molecule has 0 unspecified atom stereocenters. The SMILES string of the molecule is c1ccc(-c2oc(-c3cccs3)cc2-c2cccs2)cc1. The molecule has 3 aromatic heterocycles. The summed E-state index contributed by atoms with van der Waals surface area (Å²) < 4.78 is 6.19. The largest absolute Gasteiger partial charge is 0.455 e. The van der Waals surface area contributed by atoms with E-state index in [9.17, 15) is 0 Å². The Morgan fingerprint density at radius 1 is 0.714 bits per heavy atom. The van der Waals surface area contributed by atoms with Crippen molar-refractivity contribution in [1.29, 1.82) is 0 Å². The summed E-state index contributed by atoms with van der Waals surface area (Å²) in [5.74, 6) is 1.88. The van der Waals surface area contributed by atoms with Crippen LogP contribution in [-0.4, -0.2) is 0 Å². The summed E-state index contributed by atoms with van der Waals surface area (Å²) in [6.45, 7) is 0. The number of furan rings is 1. The zero-order valence-corrected chi connectivity index (χ0v) is 12.8. The Hall–Kier alpha value is -2.10. The Morgan fingerprint density at radius 3 is 2.10 bits per heavy atom. The minimum Gasteiger partial charge on any atom is -0.455 e. The highest BCUT2D eigenvalue weighted by Crippen LogP contribution is 2.41. The molecular weight excluding hydrogens is 296 g/mol. The lowest BCUT2D eigenvalue weighted by molar-refractivity contribution is 0.599. The van der Waals surface area contributed by atoms with Crippen LogP contribution in [-0.2, 0) is 0 Å². The minimum absolute atomic E-state index is 0.937. The van der Waals surface area contributed by atoms with Crippen LogP contribution in [0, 0.1) is 0 Å². The molecule has 0 radical (unpaired) electrons. The number of thiophene rings is 2. The van der Waals surface area contributed by atoms with Crippen molar-refractivity contribution in [3.8, 4) is 32.4 Å². The molecule has 0 saturated carbocycles. The van der Waals surface area contributed by atoms with Crippen LogP contribution in [0.5, 0.6) is 0 Å². The smallest absolute Gasteiger partial charge is 0.145 e. The van der Waals surface area contributed by atoms with E-state index >= 15 is 0 Å². The maximum Gasteiger partial charge on any atom is 0.145 e. The summed E-state index contributed by atoms with van der Waals surface area (Å²) in [7, 11) is 0. The standard InChI is InChI=1S/C18H12OS2/c1-2-6-13(7-3-1)18-14(16-8-4-10-20-16)12-15(19-18)17-9-5-11-21-17/h1-12H. The second-order valence-electron chi connectivity index (χ2n) is 4.67. The Balaban J connectivity index is 1.92. The van der Waals surface area contributed by atoms with Gasteiger partial charge in [0.15, 0.2) is 0 Å². The Labute approximate surface area is 131 Å². The van der Waals surface area contributed by atoms with Gasteiger partial charge in [0.2, 0.25) is 0 Å². The highest BCUT2D eigenvalue weighted by Gasteiger charge is 2.16. The van der Waals surface area contributed by atoms with E-state index in [1.165, 1.54) is 10.4 Å². The van der Waals surface area contributed by atoms with Crippen LogP contribution in [0.1, 0.15) is 0 Å². The number of rotatable bonds is 3. The lowest BCUT2D eigenvalue weighted by Gasteiger charge is -2.00. The van der Waals surface area contributed by atoms with Crippen LogP contribution in [0.15, 0.2) is 75.8 Å². The summed E-state index contributed by atoms with van der Waals surface area (Å²) in [4.78, 5) is 2.40. The summed E-state index contributed by atoms with van der Waals surface area (Å²) in [6, 6.07) is 20.8. The molecule has 1 nitrogen and oxygen atoms in total. The van der Waals surface area contributed by atoms with Gasteiger partial charge in [0, 0.05) is 16.0 Å². The van der Waals surface area contributed by atoms with Crippen molar-refractivity contribution < 1.29 is 4.42 Å². The molecule has 1 aromatic carbocycles. The number of hydrogen-bond acceptors (Lipinski definition) is 3. The van der Waals surface area contributed by atoms with E-state index in [1.807, 2.05) is 18.2 Å². The maximum absolute atomic E-state index is 6.19. The summed E-state index contributed by atoms with van der Waals surface area (Å²) in [5.41, 5.74) is 2.28. The lowest BCUT2D eigenvalue weighted by Crippen LogP contribution is -1.76. The van der Waals surface area contributed by atoms with E-state index in [4.69, 9.17) is 4.42 Å². The van der Waals surface area contributed by atoms with Gasteiger partial charge in [-0.3, -0.25) is 0 Å². The van der Waals surface area contributed by atoms with Gasteiger partial charge < -0.3 is 4.42 Å². The van der Waals surface area contributed by atoms with Crippen LogP contribution >= 0.6 is 22.7 Å². The van der Waals surface area contributed by atoms with Gasteiger partial charge in [-0.1, -0.05) is 42.5 Å². The zero-order valence-electron chi connectivity index (χ0n) is 11.2. The van der Waals surface area contributed by atoms with E-state index < -0.39 is 0 Å². The van der Waals surface area contributed by atoms with Gasteiger partial charge in [0.25, 0.3) is 0 Å². The van der Waals surface area contributed by atoms with Crippen molar-refractivity contribution in [3.63, 3.8) is 0 Å². The average Bonchev–Trinajstić information content (AvgIpc) is 3.27. The molecule has 0 aliphatic rings. The fourth-order valence-electron chi connectivity index (χ4n) is 2.35. The van der Waals surface area contributed by atoms with E-state index in [2.05, 4.69) is 53.2 Å². The van der Waals surface area contributed by atoms with Gasteiger partial charge in [0.1, 0.15) is 11.5 Å². The first kappa shape index (κ1) is 12.6.